The molecule has 0 heterocycles. The van der Waals surface area contributed by atoms with Gasteiger partial charge in [0.25, 0.3) is 0 Å². The molecule has 1 nitrogen and oxygen atoms in total. The fourth-order valence-electron chi connectivity index (χ4n) is 1.28. The van der Waals surface area contributed by atoms with Gasteiger partial charge in [-0.25, -0.2) is 0 Å². The number of hydrogen-bond donors (Lipinski definition) is 0. The number of hydrogen-bond acceptors (Lipinski definition) is 1. The fourth-order valence-corrected chi connectivity index (χ4v) is 1.28. The molecule has 0 aromatic carbocycles. The first-order valence-electron chi connectivity index (χ1n) is 3.41. The minimum atomic E-state index is -0.640. The minimum absolute atomic E-state index is 0. The van der Waals surface area contributed by atoms with Crippen LogP contribution < -0.4 is 0 Å². The first-order chi connectivity index (χ1) is 4.30. The second kappa shape index (κ2) is 4.85. The van der Waals surface area contributed by atoms with E-state index in [1.54, 1.807) is 0 Å². The molecule has 4 heteroatoms. The zero-order chi connectivity index (χ0) is 6.69. The molecule has 1 aliphatic carbocycles. The summed E-state index contributed by atoms with van der Waals surface area (Å²) >= 11 is 0. The zero-order valence-corrected chi connectivity index (χ0v) is 6.54. The lowest BCUT2D eigenvalue weighted by Crippen LogP contribution is -2.23. The Morgan fingerprint density at radius 3 is 1.80 bits per heavy atom. The standard InChI is InChI=1S/C6H11F2N.ClH/c7-9(8)6-4-2-1-3-5-6;/h6H,1-5H2;1H. The summed E-state index contributed by atoms with van der Waals surface area (Å²) in [7, 11) is 0. The molecular weight excluding hydrogens is 160 g/mol. The van der Waals surface area contributed by atoms with Crippen LogP contribution in [0.1, 0.15) is 32.1 Å². The smallest absolute Gasteiger partial charge is 0.0730 e. The predicted octanol–water partition coefficient (Wildman–Crippen LogP) is 2.81. The maximum Gasteiger partial charge on any atom is 0.0730 e. The van der Waals surface area contributed by atoms with E-state index in [1.807, 2.05) is 0 Å². The van der Waals surface area contributed by atoms with Gasteiger partial charge in [-0.2, -0.15) is 0 Å². The van der Waals surface area contributed by atoms with Gasteiger partial charge in [-0.1, -0.05) is 19.3 Å². The lowest BCUT2D eigenvalue weighted by molar-refractivity contribution is -0.193. The highest BCUT2D eigenvalue weighted by Crippen LogP contribution is 2.22. The second-order valence-corrected chi connectivity index (χ2v) is 2.55. The van der Waals surface area contributed by atoms with Crippen molar-refractivity contribution >= 4 is 12.4 Å². The molecule has 1 saturated carbocycles. The zero-order valence-electron chi connectivity index (χ0n) is 5.72. The molecule has 0 aromatic heterocycles. The first-order valence-corrected chi connectivity index (χ1v) is 3.41. The Morgan fingerprint density at radius 2 is 1.50 bits per heavy atom. The average Bonchev–Trinajstić information content (AvgIpc) is 1.90. The van der Waals surface area contributed by atoms with E-state index in [0.717, 1.165) is 19.3 Å². The fraction of sp³-hybridized carbons (Fsp3) is 1.00. The van der Waals surface area contributed by atoms with E-state index in [4.69, 9.17) is 0 Å². The Kier molecular flexibility index (Phi) is 4.91. The molecule has 0 aromatic rings. The van der Waals surface area contributed by atoms with E-state index in [-0.39, 0.29) is 12.4 Å². The van der Waals surface area contributed by atoms with Crippen LogP contribution in [0.2, 0.25) is 0 Å². The minimum Gasteiger partial charge on any atom is -0.147 e. The molecule has 0 radical (unpaired) electrons. The van der Waals surface area contributed by atoms with Gasteiger partial charge in [-0.3, -0.25) is 0 Å². The molecule has 1 rings (SSSR count). The van der Waals surface area contributed by atoms with Crippen LogP contribution in [-0.2, 0) is 0 Å². The summed E-state index contributed by atoms with van der Waals surface area (Å²) in [5, 5.41) is -0.640. The number of halogens is 3. The molecule has 1 aliphatic rings. The van der Waals surface area contributed by atoms with Gasteiger partial charge in [-0.05, 0) is 12.8 Å². The van der Waals surface area contributed by atoms with Crippen LogP contribution in [0.4, 0.5) is 8.96 Å². The molecule has 0 spiro atoms. The van der Waals surface area contributed by atoms with Gasteiger partial charge in [0.15, 0.2) is 0 Å². The monoisotopic (exact) mass is 171 g/mol. The van der Waals surface area contributed by atoms with Crippen LogP contribution in [0.5, 0.6) is 0 Å². The predicted molar refractivity (Wildman–Crippen MR) is 38.2 cm³/mol. The summed E-state index contributed by atoms with van der Waals surface area (Å²) in [6.07, 6.45) is 4.41. The van der Waals surface area contributed by atoms with Crippen molar-refractivity contribution in [2.45, 2.75) is 38.1 Å². The van der Waals surface area contributed by atoms with Crippen LogP contribution in [0.3, 0.4) is 0 Å². The molecule has 0 unspecified atom stereocenters. The van der Waals surface area contributed by atoms with Crippen LogP contribution in [0.25, 0.3) is 0 Å². The third-order valence-electron chi connectivity index (χ3n) is 1.85. The average molecular weight is 172 g/mol. The molecule has 0 bridgehead atoms. The summed E-state index contributed by atoms with van der Waals surface area (Å²) in [6, 6.07) is -0.446. The van der Waals surface area contributed by atoms with Gasteiger partial charge < -0.3 is 0 Å². The van der Waals surface area contributed by atoms with Crippen molar-refractivity contribution in [2.24, 2.45) is 0 Å². The van der Waals surface area contributed by atoms with Gasteiger partial charge in [0.2, 0.25) is 0 Å². The molecule has 62 valence electrons. The Morgan fingerprint density at radius 1 is 1.00 bits per heavy atom. The normalized spacial score (nSPS) is 20.7. The quantitative estimate of drug-likeness (QED) is 0.549. The Hall–Kier alpha value is 0.110. The Bertz CT molecular complexity index is 83.8. The summed E-state index contributed by atoms with van der Waals surface area (Å²) in [5.41, 5.74) is 0. The van der Waals surface area contributed by atoms with E-state index >= 15 is 0 Å². The van der Waals surface area contributed by atoms with Crippen LogP contribution in [0.15, 0.2) is 0 Å². The lowest BCUT2D eigenvalue weighted by Gasteiger charge is -2.20. The second-order valence-electron chi connectivity index (χ2n) is 2.55. The molecule has 0 atom stereocenters. The van der Waals surface area contributed by atoms with Gasteiger partial charge >= 0.3 is 0 Å². The molecule has 10 heavy (non-hydrogen) atoms. The van der Waals surface area contributed by atoms with E-state index < -0.39 is 11.4 Å². The van der Waals surface area contributed by atoms with Crippen molar-refractivity contribution in [1.82, 2.24) is 5.34 Å². The van der Waals surface area contributed by atoms with Crippen LogP contribution in [0, 0.1) is 0 Å². The van der Waals surface area contributed by atoms with Crippen LogP contribution >= 0.6 is 12.4 Å². The Labute approximate surface area is 65.7 Å². The van der Waals surface area contributed by atoms with Gasteiger partial charge in [0.05, 0.1) is 6.04 Å². The van der Waals surface area contributed by atoms with E-state index in [1.165, 1.54) is 0 Å². The largest absolute Gasteiger partial charge is 0.147 e. The van der Waals surface area contributed by atoms with Crippen molar-refractivity contribution in [3.8, 4) is 0 Å². The van der Waals surface area contributed by atoms with E-state index in [2.05, 4.69) is 0 Å². The maximum atomic E-state index is 11.8. The highest BCUT2D eigenvalue weighted by molar-refractivity contribution is 5.85. The third-order valence-corrected chi connectivity index (χ3v) is 1.85. The molecule has 0 aliphatic heterocycles. The molecule has 0 amide bonds. The highest BCUT2D eigenvalue weighted by atomic mass is 35.5. The van der Waals surface area contributed by atoms with Gasteiger partial charge in [-0.15, -0.1) is 21.4 Å². The SMILES string of the molecule is Cl.FN(F)C1CCCCC1. The van der Waals surface area contributed by atoms with Crippen LogP contribution in [-0.4, -0.2) is 11.4 Å². The highest BCUT2D eigenvalue weighted by Gasteiger charge is 2.20. The number of nitrogens with zero attached hydrogens (tertiary/aromatic N) is 1. The molecule has 1 fully saturated rings. The maximum absolute atomic E-state index is 11.8. The van der Waals surface area contributed by atoms with Crippen molar-refractivity contribution < 1.29 is 8.96 Å². The number of rotatable bonds is 1. The summed E-state index contributed by atoms with van der Waals surface area (Å²) in [4.78, 5) is 0. The topological polar surface area (TPSA) is 3.24 Å². The van der Waals surface area contributed by atoms with Gasteiger partial charge in [0.1, 0.15) is 0 Å². The molecule has 0 saturated heterocycles. The first kappa shape index (κ1) is 10.1. The molecule has 0 N–H and O–H groups in total. The Balaban J connectivity index is 0.000000810. The van der Waals surface area contributed by atoms with Crippen molar-refractivity contribution in [3.63, 3.8) is 0 Å². The van der Waals surface area contributed by atoms with Crippen molar-refractivity contribution in [1.29, 1.82) is 0 Å². The summed E-state index contributed by atoms with van der Waals surface area (Å²) in [6.45, 7) is 0. The van der Waals surface area contributed by atoms with Crippen molar-refractivity contribution in [2.75, 3.05) is 0 Å². The summed E-state index contributed by atoms with van der Waals surface area (Å²) < 4.78 is 23.5. The van der Waals surface area contributed by atoms with Crippen molar-refractivity contribution in [3.05, 3.63) is 0 Å². The summed E-state index contributed by atoms with van der Waals surface area (Å²) in [5.74, 6) is 0. The lowest BCUT2D eigenvalue weighted by atomic mass is 9.96. The van der Waals surface area contributed by atoms with E-state index in [9.17, 15) is 8.96 Å². The van der Waals surface area contributed by atoms with Gasteiger partial charge in [0, 0.05) is 5.34 Å². The van der Waals surface area contributed by atoms with E-state index in [0.29, 0.717) is 12.8 Å². The third kappa shape index (κ3) is 2.80. The molecular formula is C6H12ClF2N.